The van der Waals surface area contributed by atoms with Crippen LogP contribution in [-0.4, -0.2) is 12.6 Å². The second-order valence-corrected chi connectivity index (χ2v) is 6.91. The van der Waals surface area contributed by atoms with E-state index in [9.17, 15) is 9.59 Å². The van der Waals surface area contributed by atoms with Crippen molar-refractivity contribution in [3.8, 4) is 22.3 Å². The highest BCUT2D eigenvalue weighted by molar-refractivity contribution is 6.01. The molecule has 0 spiro atoms. The molecular formula is C27H20O2. The molecule has 0 aliphatic heterocycles. The topological polar surface area (TPSA) is 34.1 Å². The van der Waals surface area contributed by atoms with Gasteiger partial charge in [-0.05, 0) is 39.8 Å². The zero-order chi connectivity index (χ0) is 20.1. The van der Waals surface area contributed by atoms with Crippen LogP contribution in [0.25, 0.3) is 22.3 Å². The molecule has 0 radical (unpaired) electrons. The first-order chi connectivity index (χ1) is 14.3. The molecule has 0 unspecified atom stereocenters. The van der Waals surface area contributed by atoms with Crippen molar-refractivity contribution in [2.75, 3.05) is 0 Å². The van der Waals surface area contributed by atoms with Crippen LogP contribution in [0.15, 0.2) is 97.1 Å². The zero-order valence-electron chi connectivity index (χ0n) is 15.9. The molecule has 0 atom stereocenters. The monoisotopic (exact) mass is 376 g/mol. The standard InChI is InChI=1S/C27H20O2/c28-18-26-22(17-20-9-3-1-4-10-20)15-16-25(27(26)19-29)24-14-8-7-13-23(24)21-11-5-2-6-12-21/h1-16,18-19H,17H2. The van der Waals surface area contributed by atoms with Gasteiger partial charge in [-0.25, -0.2) is 0 Å². The van der Waals surface area contributed by atoms with Crippen LogP contribution in [-0.2, 0) is 6.42 Å². The van der Waals surface area contributed by atoms with Crippen molar-refractivity contribution in [3.63, 3.8) is 0 Å². The Kier molecular flexibility index (Phi) is 5.44. The van der Waals surface area contributed by atoms with Gasteiger partial charge in [-0.3, -0.25) is 9.59 Å². The highest BCUT2D eigenvalue weighted by Crippen LogP contribution is 2.35. The fraction of sp³-hybridized carbons (Fsp3) is 0.0370. The fourth-order valence-electron chi connectivity index (χ4n) is 3.74. The smallest absolute Gasteiger partial charge is 0.151 e. The summed E-state index contributed by atoms with van der Waals surface area (Å²) in [6.07, 6.45) is 2.21. The Morgan fingerprint density at radius 3 is 1.76 bits per heavy atom. The minimum atomic E-state index is 0.441. The van der Waals surface area contributed by atoms with Crippen molar-refractivity contribution < 1.29 is 9.59 Å². The molecule has 0 saturated carbocycles. The second kappa shape index (κ2) is 8.49. The number of aldehydes is 2. The van der Waals surface area contributed by atoms with Gasteiger partial charge in [0.25, 0.3) is 0 Å². The van der Waals surface area contributed by atoms with Gasteiger partial charge in [-0.15, -0.1) is 0 Å². The van der Waals surface area contributed by atoms with E-state index in [0.29, 0.717) is 17.5 Å². The van der Waals surface area contributed by atoms with Gasteiger partial charge >= 0.3 is 0 Å². The predicted octanol–water partition coefficient (Wildman–Crippen LogP) is 6.24. The molecule has 4 aromatic rings. The van der Waals surface area contributed by atoms with Crippen molar-refractivity contribution >= 4 is 12.6 Å². The molecule has 2 nitrogen and oxygen atoms in total. The highest BCUT2D eigenvalue weighted by Gasteiger charge is 2.16. The first kappa shape index (κ1) is 18.6. The van der Waals surface area contributed by atoms with Gasteiger partial charge in [-0.1, -0.05) is 97.1 Å². The molecule has 0 fully saturated rings. The SMILES string of the molecule is O=Cc1c(Cc2ccccc2)ccc(-c2ccccc2-c2ccccc2)c1C=O. The Morgan fingerprint density at radius 1 is 0.517 bits per heavy atom. The normalized spacial score (nSPS) is 10.5. The third-order valence-corrected chi connectivity index (χ3v) is 5.15. The zero-order valence-corrected chi connectivity index (χ0v) is 15.9. The van der Waals surface area contributed by atoms with E-state index < -0.39 is 0 Å². The third-order valence-electron chi connectivity index (χ3n) is 5.15. The van der Waals surface area contributed by atoms with Crippen molar-refractivity contribution in [1.82, 2.24) is 0 Å². The quantitative estimate of drug-likeness (QED) is 0.373. The summed E-state index contributed by atoms with van der Waals surface area (Å²) >= 11 is 0. The molecule has 4 aromatic carbocycles. The molecular weight excluding hydrogens is 356 g/mol. The summed E-state index contributed by atoms with van der Waals surface area (Å²) in [5.41, 5.74) is 6.68. The average Bonchev–Trinajstić information content (AvgIpc) is 2.80. The number of hydrogen-bond acceptors (Lipinski definition) is 2. The van der Waals surface area contributed by atoms with E-state index in [1.165, 1.54) is 0 Å². The number of rotatable bonds is 6. The van der Waals surface area contributed by atoms with Crippen LogP contribution < -0.4 is 0 Å². The maximum Gasteiger partial charge on any atom is 0.151 e. The van der Waals surface area contributed by atoms with Gasteiger partial charge in [0.05, 0.1) is 0 Å². The van der Waals surface area contributed by atoms with Crippen molar-refractivity contribution in [3.05, 3.63) is 119 Å². The summed E-state index contributed by atoms with van der Waals surface area (Å²) < 4.78 is 0. The van der Waals surface area contributed by atoms with Crippen LogP contribution in [0.2, 0.25) is 0 Å². The molecule has 4 rings (SSSR count). The summed E-state index contributed by atoms with van der Waals surface area (Å²) in [6, 6.07) is 31.9. The largest absolute Gasteiger partial charge is 0.298 e. The number of carbonyl (C=O) groups is 2. The first-order valence-electron chi connectivity index (χ1n) is 9.57. The van der Waals surface area contributed by atoms with Gasteiger partial charge in [0.2, 0.25) is 0 Å². The summed E-state index contributed by atoms with van der Waals surface area (Å²) in [7, 11) is 0. The number of benzene rings is 4. The minimum Gasteiger partial charge on any atom is -0.298 e. The van der Waals surface area contributed by atoms with Crippen molar-refractivity contribution in [2.45, 2.75) is 6.42 Å². The fourth-order valence-corrected chi connectivity index (χ4v) is 3.74. The maximum atomic E-state index is 12.1. The lowest BCUT2D eigenvalue weighted by Gasteiger charge is -2.15. The van der Waals surface area contributed by atoms with E-state index in [2.05, 4.69) is 0 Å². The summed E-state index contributed by atoms with van der Waals surface area (Å²) in [6.45, 7) is 0. The van der Waals surface area contributed by atoms with Crippen LogP contribution in [0.3, 0.4) is 0 Å². The molecule has 0 saturated heterocycles. The van der Waals surface area contributed by atoms with Crippen LogP contribution in [0.4, 0.5) is 0 Å². The lowest BCUT2D eigenvalue weighted by molar-refractivity contribution is 0.109. The lowest BCUT2D eigenvalue weighted by atomic mass is 9.87. The van der Waals surface area contributed by atoms with Crippen LogP contribution in [0, 0.1) is 0 Å². The molecule has 0 heterocycles. The van der Waals surface area contributed by atoms with Gasteiger partial charge in [0.15, 0.2) is 12.6 Å². The Hall–Kier alpha value is -3.78. The summed E-state index contributed by atoms with van der Waals surface area (Å²) in [5.74, 6) is 0. The molecule has 0 N–H and O–H groups in total. The van der Waals surface area contributed by atoms with E-state index >= 15 is 0 Å². The van der Waals surface area contributed by atoms with E-state index in [1.54, 1.807) is 0 Å². The predicted molar refractivity (Wildman–Crippen MR) is 117 cm³/mol. The van der Waals surface area contributed by atoms with Gasteiger partial charge in [-0.2, -0.15) is 0 Å². The lowest BCUT2D eigenvalue weighted by Crippen LogP contribution is -2.02. The molecule has 0 bridgehead atoms. The highest BCUT2D eigenvalue weighted by atomic mass is 16.1. The van der Waals surface area contributed by atoms with Crippen LogP contribution in [0.5, 0.6) is 0 Å². The van der Waals surface area contributed by atoms with Gasteiger partial charge in [0, 0.05) is 11.1 Å². The number of hydrogen-bond donors (Lipinski definition) is 0. The molecule has 0 amide bonds. The molecule has 29 heavy (non-hydrogen) atoms. The van der Waals surface area contributed by atoms with Crippen molar-refractivity contribution in [2.24, 2.45) is 0 Å². The van der Waals surface area contributed by atoms with Crippen LogP contribution >= 0.6 is 0 Å². The van der Waals surface area contributed by atoms with Crippen LogP contribution in [0.1, 0.15) is 31.8 Å². The maximum absolute atomic E-state index is 12.1. The summed E-state index contributed by atoms with van der Waals surface area (Å²) in [5, 5.41) is 0. The second-order valence-electron chi connectivity index (χ2n) is 6.91. The van der Waals surface area contributed by atoms with Gasteiger partial charge in [0.1, 0.15) is 0 Å². The Morgan fingerprint density at radius 2 is 1.10 bits per heavy atom. The molecule has 0 aliphatic rings. The summed E-state index contributed by atoms with van der Waals surface area (Å²) in [4.78, 5) is 24.1. The van der Waals surface area contributed by atoms with E-state index in [1.807, 2.05) is 97.1 Å². The van der Waals surface area contributed by atoms with E-state index in [4.69, 9.17) is 0 Å². The Bertz CT molecular complexity index is 1150. The molecule has 2 heteroatoms. The minimum absolute atomic E-state index is 0.441. The van der Waals surface area contributed by atoms with Crippen molar-refractivity contribution in [1.29, 1.82) is 0 Å². The van der Waals surface area contributed by atoms with Gasteiger partial charge < -0.3 is 0 Å². The average molecular weight is 376 g/mol. The Labute approximate surface area is 170 Å². The molecule has 140 valence electrons. The third kappa shape index (κ3) is 3.78. The first-order valence-corrected chi connectivity index (χ1v) is 9.57. The number of carbonyl (C=O) groups excluding carboxylic acids is 2. The molecule has 0 aliphatic carbocycles. The van der Waals surface area contributed by atoms with E-state index in [0.717, 1.165) is 46.0 Å². The Balaban J connectivity index is 1.86. The van der Waals surface area contributed by atoms with E-state index in [-0.39, 0.29) is 0 Å². The molecule has 0 aromatic heterocycles.